The van der Waals surface area contributed by atoms with E-state index in [2.05, 4.69) is 4.72 Å². The first-order valence-electron chi connectivity index (χ1n) is 7.16. The molecule has 0 amide bonds. The molecule has 0 aromatic heterocycles. The Labute approximate surface area is 136 Å². The van der Waals surface area contributed by atoms with Gasteiger partial charge in [0.15, 0.2) is 0 Å². The number of carboxylic acids is 1. The number of nitrogens with one attached hydrogen (secondary N) is 1. The van der Waals surface area contributed by atoms with Crippen molar-refractivity contribution in [2.45, 2.75) is 31.2 Å². The second-order valence-electron chi connectivity index (χ2n) is 5.45. The number of hydrogen-bond donors (Lipinski definition) is 2. The molecule has 2 N–H and O–H groups in total. The summed E-state index contributed by atoms with van der Waals surface area (Å²) < 4.78 is 27.1. The van der Waals surface area contributed by atoms with Crippen molar-refractivity contribution in [2.24, 2.45) is 0 Å². The highest BCUT2D eigenvalue weighted by atomic mass is 32.2. The van der Waals surface area contributed by atoms with Gasteiger partial charge in [-0.2, -0.15) is 4.72 Å². The Kier molecular flexibility index (Phi) is 5.18. The van der Waals surface area contributed by atoms with Gasteiger partial charge in [0.05, 0.1) is 4.90 Å². The van der Waals surface area contributed by atoms with Crippen LogP contribution >= 0.6 is 0 Å². The molecule has 0 unspecified atom stereocenters. The first kappa shape index (κ1) is 17.2. The van der Waals surface area contributed by atoms with Crippen LogP contribution in [0.15, 0.2) is 53.4 Å². The number of carboxylic acid groups (broad SMARTS) is 1. The molecule has 0 spiro atoms. The molecule has 6 heteroatoms. The van der Waals surface area contributed by atoms with Crippen molar-refractivity contribution < 1.29 is 18.3 Å². The third-order valence-corrected chi connectivity index (χ3v) is 5.14. The summed E-state index contributed by atoms with van der Waals surface area (Å²) in [5.41, 5.74) is 2.56. The number of carbonyl (C=O) groups is 1. The van der Waals surface area contributed by atoms with Crippen LogP contribution < -0.4 is 4.72 Å². The van der Waals surface area contributed by atoms with Crippen LogP contribution in [-0.2, 0) is 21.2 Å². The number of aliphatic carboxylic acids is 1. The Balaban J connectivity index is 2.24. The molecule has 2 aromatic rings. The van der Waals surface area contributed by atoms with Crippen LogP contribution in [-0.4, -0.2) is 25.5 Å². The number of sulfonamides is 1. The quantitative estimate of drug-likeness (QED) is 0.849. The lowest BCUT2D eigenvalue weighted by atomic mass is 10.1. The van der Waals surface area contributed by atoms with Crippen LogP contribution in [0.5, 0.6) is 0 Å². The van der Waals surface area contributed by atoms with Gasteiger partial charge < -0.3 is 5.11 Å². The average molecular weight is 333 g/mol. The van der Waals surface area contributed by atoms with Gasteiger partial charge in [-0.3, -0.25) is 4.79 Å². The topological polar surface area (TPSA) is 83.5 Å². The van der Waals surface area contributed by atoms with Gasteiger partial charge in [0.2, 0.25) is 10.0 Å². The molecule has 0 aliphatic heterocycles. The normalized spacial score (nSPS) is 12.8. The van der Waals surface area contributed by atoms with E-state index in [9.17, 15) is 18.3 Å². The number of aryl methyl sites for hydroxylation is 2. The summed E-state index contributed by atoms with van der Waals surface area (Å²) in [6.45, 7) is 3.70. The number of hydrogen-bond acceptors (Lipinski definition) is 3. The molecular formula is C17H19NO4S. The summed E-state index contributed by atoms with van der Waals surface area (Å²) in [6, 6.07) is 12.4. The molecule has 0 heterocycles. The van der Waals surface area contributed by atoms with Crippen LogP contribution in [0.1, 0.15) is 16.7 Å². The standard InChI is InChI=1S/C17H19NO4S/c1-12-8-9-15(10-13(12)2)23(21,22)18-16(17(19)20)11-14-6-4-3-5-7-14/h3-10,16,18H,11H2,1-2H3,(H,19,20)/t16-/m1/s1. The predicted octanol–water partition coefficient (Wildman–Crippen LogP) is 2.28. The molecule has 0 aliphatic carbocycles. The smallest absolute Gasteiger partial charge is 0.322 e. The van der Waals surface area contributed by atoms with Gasteiger partial charge in [0.1, 0.15) is 6.04 Å². The number of benzene rings is 2. The molecule has 2 aromatic carbocycles. The molecule has 5 nitrogen and oxygen atoms in total. The summed E-state index contributed by atoms with van der Waals surface area (Å²) in [5, 5.41) is 9.32. The highest BCUT2D eigenvalue weighted by Crippen LogP contribution is 2.16. The zero-order valence-electron chi connectivity index (χ0n) is 13.0. The van der Waals surface area contributed by atoms with Crippen LogP contribution in [0.25, 0.3) is 0 Å². The first-order valence-corrected chi connectivity index (χ1v) is 8.64. The van der Waals surface area contributed by atoms with Crippen molar-refractivity contribution in [3.05, 3.63) is 65.2 Å². The summed E-state index contributed by atoms with van der Waals surface area (Å²) in [4.78, 5) is 11.5. The van der Waals surface area contributed by atoms with Crippen molar-refractivity contribution in [3.63, 3.8) is 0 Å². The fraction of sp³-hybridized carbons (Fsp3) is 0.235. The maximum Gasteiger partial charge on any atom is 0.322 e. The lowest BCUT2D eigenvalue weighted by Gasteiger charge is -2.15. The Hall–Kier alpha value is -2.18. The maximum absolute atomic E-state index is 12.4. The summed E-state index contributed by atoms with van der Waals surface area (Å²) >= 11 is 0. The molecule has 2 rings (SSSR count). The SMILES string of the molecule is Cc1ccc(S(=O)(=O)N[C@H](Cc2ccccc2)C(=O)O)cc1C. The zero-order chi connectivity index (χ0) is 17.0. The van der Waals surface area contributed by atoms with Crippen molar-refractivity contribution in [1.29, 1.82) is 0 Å². The van der Waals surface area contributed by atoms with Crippen LogP contribution in [0.3, 0.4) is 0 Å². The minimum absolute atomic E-state index is 0.0694. The summed E-state index contributed by atoms with van der Waals surface area (Å²) in [6.07, 6.45) is 0.0836. The van der Waals surface area contributed by atoms with Gasteiger partial charge in [-0.05, 0) is 49.1 Å². The molecule has 0 fully saturated rings. The van der Waals surface area contributed by atoms with Crippen molar-refractivity contribution in [2.75, 3.05) is 0 Å². The van der Waals surface area contributed by atoms with Gasteiger partial charge in [-0.15, -0.1) is 0 Å². The van der Waals surface area contributed by atoms with Crippen molar-refractivity contribution in [1.82, 2.24) is 4.72 Å². The van der Waals surface area contributed by atoms with Gasteiger partial charge in [-0.25, -0.2) is 8.42 Å². The fourth-order valence-corrected chi connectivity index (χ4v) is 3.44. The zero-order valence-corrected chi connectivity index (χ0v) is 13.8. The third kappa shape index (κ3) is 4.40. The minimum atomic E-state index is -3.89. The van der Waals surface area contributed by atoms with Crippen LogP contribution in [0, 0.1) is 13.8 Å². The lowest BCUT2D eigenvalue weighted by Crippen LogP contribution is -2.42. The average Bonchev–Trinajstić information content (AvgIpc) is 2.50. The monoisotopic (exact) mass is 333 g/mol. The van der Waals surface area contributed by atoms with E-state index in [0.717, 1.165) is 16.7 Å². The van der Waals surface area contributed by atoms with E-state index in [0.29, 0.717) is 0 Å². The van der Waals surface area contributed by atoms with Crippen molar-refractivity contribution >= 4 is 16.0 Å². The van der Waals surface area contributed by atoms with Gasteiger partial charge in [0, 0.05) is 0 Å². The van der Waals surface area contributed by atoms with Gasteiger partial charge in [-0.1, -0.05) is 36.4 Å². The Morgan fingerprint density at radius 3 is 2.30 bits per heavy atom. The fourth-order valence-electron chi connectivity index (χ4n) is 2.17. The summed E-state index contributed by atoms with van der Waals surface area (Å²) in [5.74, 6) is -1.21. The molecule has 0 radical (unpaired) electrons. The predicted molar refractivity (Wildman–Crippen MR) is 87.8 cm³/mol. The van der Waals surface area contributed by atoms with Gasteiger partial charge in [0.25, 0.3) is 0 Å². The summed E-state index contributed by atoms with van der Waals surface area (Å²) in [7, 11) is -3.89. The molecule has 23 heavy (non-hydrogen) atoms. The van der Waals surface area contributed by atoms with E-state index >= 15 is 0 Å². The van der Waals surface area contributed by atoms with E-state index in [1.807, 2.05) is 19.9 Å². The van der Waals surface area contributed by atoms with E-state index in [-0.39, 0.29) is 11.3 Å². The van der Waals surface area contributed by atoms with Crippen LogP contribution in [0.2, 0.25) is 0 Å². The molecule has 122 valence electrons. The van der Waals surface area contributed by atoms with Crippen LogP contribution in [0.4, 0.5) is 0 Å². The van der Waals surface area contributed by atoms with Crippen molar-refractivity contribution in [3.8, 4) is 0 Å². The Morgan fingerprint density at radius 2 is 1.74 bits per heavy atom. The van der Waals surface area contributed by atoms with Gasteiger partial charge >= 0.3 is 5.97 Å². The highest BCUT2D eigenvalue weighted by molar-refractivity contribution is 7.89. The highest BCUT2D eigenvalue weighted by Gasteiger charge is 2.25. The first-order chi connectivity index (χ1) is 10.8. The largest absolute Gasteiger partial charge is 0.480 e. The van der Waals surface area contributed by atoms with E-state index in [1.54, 1.807) is 36.4 Å². The number of rotatable bonds is 6. The molecule has 0 saturated carbocycles. The molecule has 0 aliphatic rings. The maximum atomic E-state index is 12.4. The molecular weight excluding hydrogens is 314 g/mol. The minimum Gasteiger partial charge on any atom is -0.480 e. The van der Waals surface area contributed by atoms with E-state index in [4.69, 9.17) is 0 Å². The Bertz CT molecular complexity index is 801. The van der Waals surface area contributed by atoms with E-state index < -0.39 is 22.0 Å². The second-order valence-corrected chi connectivity index (χ2v) is 7.16. The molecule has 1 atom stereocenters. The van der Waals surface area contributed by atoms with E-state index in [1.165, 1.54) is 6.07 Å². The Morgan fingerprint density at radius 1 is 1.09 bits per heavy atom. The third-order valence-electron chi connectivity index (χ3n) is 3.67. The molecule has 0 saturated heterocycles. The lowest BCUT2D eigenvalue weighted by molar-refractivity contribution is -0.138. The molecule has 0 bridgehead atoms. The second kappa shape index (κ2) is 6.93.